The van der Waals surface area contributed by atoms with E-state index in [4.69, 9.17) is 0 Å². The minimum atomic E-state index is -3.13. The lowest BCUT2D eigenvalue weighted by Gasteiger charge is -2.17. The summed E-state index contributed by atoms with van der Waals surface area (Å²) in [5.74, 6) is 0.474. The van der Waals surface area contributed by atoms with Crippen LogP contribution in [0.4, 0.5) is 4.39 Å². The van der Waals surface area contributed by atoms with Gasteiger partial charge in [-0.1, -0.05) is 12.1 Å². The number of hydrogen-bond acceptors (Lipinski definition) is 3. The van der Waals surface area contributed by atoms with Crippen LogP contribution >= 0.6 is 24.0 Å². The van der Waals surface area contributed by atoms with Crippen molar-refractivity contribution in [2.75, 3.05) is 32.9 Å². The Morgan fingerprint density at radius 1 is 1.32 bits per heavy atom. The predicted octanol–water partition coefficient (Wildman–Crippen LogP) is 2.09. The Morgan fingerprint density at radius 2 is 2.00 bits per heavy atom. The molecule has 0 spiro atoms. The largest absolute Gasteiger partial charge is 0.356 e. The molecule has 1 aromatic rings. The average molecular weight is 486 g/mol. The molecular formula is C16H28FIN4O2S. The highest BCUT2D eigenvalue weighted by Crippen LogP contribution is 2.08. The van der Waals surface area contributed by atoms with Gasteiger partial charge in [0.15, 0.2) is 5.96 Å². The maximum atomic E-state index is 13.5. The highest BCUT2D eigenvalue weighted by molar-refractivity contribution is 14.0. The van der Waals surface area contributed by atoms with Gasteiger partial charge in [0.05, 0.1) is 5.75 Å². The molecule has 0 aliphatic heterocycles. The summed E-state index contributed by atoms with van der Waals surface area (Å²) in [6, 6.07) is 5.11. The first-order valence-electron chi connectivity index (χ1n) is 7.93. The molecule has 6 nitrogen and oxygen atoms in total. The van der Waals surface area contributed by atoms with Crippen LogP contribution in [0, 0.1) is 12.7 Å². The molecule has 0 radical (unpaired) electrons. The van der Waals surface area contributed by atoms with Crippen molar-refractivity contribution in [1.29, 1.82) is 0 Å². The summed E-state index contributed by atoms with van der Waals surface area (Å²) in [7, 11) is 0.0985. The molecule has 25 heavy (non-hydrogen) atoms. The summed E-state index contributed by atoms with van der Waals surface area (Å²) in [5.41, 5.74) is 1.45. The Hall–Kier alpha value is -0.940. The van der Waals surface area contributed by atoms with E-state index >= 15 is 0 Å². The van der Waals surface area contributed by atoms with Gasteiger partial charge in [-0.05, 0) is 37.5 Å². The lowest BCUT2D eigenvalue weighted by Crippen LogP contribution is -2.38. The topological polar surface area (TPSA) is 73.8 Å². The van der Waals surface area contributed by atoms with E-state index in [0.29, 0.717) is 37.6 Å². The van der Waals surface area contributed by atoms with Crippen molar-refractivity contribution < 1.29 is 12.8 Å². The maximum absolute atomic E-state index is 13.5. The minimum absolute atomic E-state index is 0. The quantitative estimate of drug-likeness (QED) is 0.256. The number of sulfonamides is 1. The number of rotatable bonds is 8. The number of nitrogens with zero attached hydrogens (tertiary/aromatic N) is 2. The lowest BCUT2D eigenvalue weighted by molar-refractivity contribution is 0.461. The molecule has 0 aromatic heterocycles. The summed E-state index contributed by atoms with van der Waals surface area (Å²) in [4.78, 5) is 4.09. The van der Waals surface area contributed by atoms with Crippen LogP contribution in [0.15, 0.2) is 23.2 Å². The molecule has 0 aliphatic carbocycles. The van der Waals surface area contributed by atoms with Gasteiger partial charge in [-0.3, -0.25) is 4.99 Å². The summed E-state index contributed by atoms with van der Waals surface area (Å²) in [5, 5.41) is 6.22. The first-order valence-corrected chi connectivity index (χ1v) is 9.54. The molecule has 0 saturated heterocycles. The Labute approximate surface area is 167 Å². The predicted molar refractivity (Wildman–Crippen MR) is 111 cm³/mol. The first-order chi connectivity index (χ1) is 11.3. The molecule has 0 unspecified atom stereocenters. The van der Waals surface area contributed by atoms with Crippen molar-refractivity contribution in [3.63, 3.8) is 0 Å². The molecular weight excluding hydrogens is 458 g/mol. The molecule has 0 saturated carbocycles. The van der Waals surface area contributed by atoms with E-state index < -0.39 is 10.0 Å². The van der Waals surface area contributed by atoms with Crippen LogP contribution in [0.2, 0.25) is 0 Å². The zero-order valence-corrected chi connectivity index (χ0v) is 18.3. The van der Waals surface area contributed by atoms with Crippen LogP contribution in [0.1, 0.15) is 24.5 Å². The highest BCUT2D eigenvalue weighted by Gasteiger charge is 2.13. The van der Waals surface area contributed by atoms with Crippen molar-refractivity contribution in [1.82, 2.24) is 14.9 Å². The fourth-order valence-electron chi connectivity index (χ4n) is 2.02. The molecule has 0 amide bonds. The zero-order chi connectivity index (χ0) is 18.2. The highest BCUT2D eigenvalue weighted by atomic mass is 127. The summed E-state index contributed by atoms with van der Waals surface area (Å²) >= 11 is 0. The third-order valence-corrected chi connectivity index (χ3v) is 5.56. The van der Waals surface area contributed by atoms with Gasteiger partial charge in [0.1, 0.15) is 5.82 Å². The second-order valence-electron chi connectivity index (χ2n) is 5.51. The molecule has 0 atom stereocenters. The van der Waals surface area contributed by atoms with Crippen LogP contribution in [0.3, 0.4) is 0 Å². The lowest BCUT2D eigenvalue weighted by atomic mass is 10.1. The number of guanidine groups is 1. The molecule has 0 bridgehead atoms. The van der Waals surface area contributed by atoms with Crippen molar-refractivity contribution in [2.45, 2.75) is 26.8 Å². The van der Waals surface area contributed by atoms with Gasteiger partial charge in [-0.25, -0.2) is 17.1 Å². The summed E-state index contributed by atoms with van der Waals surface area (Å²) in [6.07, 6.45) is 0.662. The van der Waals surface area contributed by atoms with E-state index in [1.54, 1.807) is 34.0 Å². The maximum Gasteiger partial charge on any atom is 0.213 e. The van der Waals surface area contributed by atoms with Crippen LogP contribution in [0.25, 0.3) is 0 Å². The van der Waals surface area contributed by atoms with Gasteiger partial charge >= 0.3 is 0 Å². The summed E-state index contributed by atoms with van der Waals surface area (Å²) in [6.45, 7) is 4.85. The van der Waals surface area contributed by atoms with Gasteiger partial charge in [0.25, 0.3) is 0 Å². The molecule has 144 valence electrons. The van der Waals surface area contributed by atoms with E-state index in [1.165, 1.54) is 10.4 Å². The third-order valence-electron chi connectivity index (χ3n) is 3.70. The number of benzene rings is 1. The molecule has 0 heterocycles. The Bertz CT molecular complexity index is 668. The Kier molecular flexibility index (Phi) is 11.2. The number of hydrogen-bond donors (Lipinski definition) is 2. The van der Waals surface area contributed by atoms with Crippen molar-refractivity contribution in [3.05, 3.63) is 35.1 Å². The molecule has 0 fully saturated rings. The van der Waals surface area contributed by atoms with Crippen molar-refractivity contribution in [2.24, 2.45) is 4.99 Å². The van der Waals surface area contributed by atoms with Gasteiger partial charge in [-0.15, -0.1) is 24.0 Å². The minimum Gasteiger partial charge on any atom is -0.356 e. The number of aryl methyl sites for hydroxylation is 1. The Balaban J connectivity index is 0.00000576. The second kappa shape index (κ2) is 11.6. The molecule has 0 aliphatic rings. The molecule has 1 rings (SSSR count). The Morgan fingerprint density at radius 3 is 2.56 bits per heavy atom. The first kappa shape index (κ1) is 24.1. The van der Waals surface area contributed by atoms with Crippen LogP contribution < -0.4 is 10.6 Å². The zero-order valence-electron chi connectivity index (χ0n) is 15.2. The van der Waals surface area contributed by atoms with Crippen molar-refractivity contribution in [3.8, 4) is 0 Å². The third kappa shape index (κ3) is 8.32. The SMILES string of the molecule is CCS(=O)(=O)N(C)CCCNC(=NC)NCc1ccc(C)c(F)c1.I. The smallest absolute Gasteiger partial charge is 0.213 e. The second-order valence-corrected chi connectivity index (χ2v) is 7.88. The van der Waals surface area contributed by atoms with Crippen LogP contribution in [0.5, 0.6) is 0 Å². The van der Waals surface area contributed by atoms with Crippen molar-refractivity contribution >= 4 is 40.0 Å². The average Bonchev–Trinajstić information content (AvgIpc) is 2.56. The van der Waals surface area contributed by atoms with Gasteiger partial charge in [0, 0.05) is 33.7 Å². The molecule has 1 aromatic carbocycles. The fraction of sp³-hybridized carbons (Fsp3) is 0.562. The number of nitrogens with one attached hydrogen (secondary N) is 2. The normalized spacial score (nSPS) is 12.0. The molecule has 2 N–H and O–H groups in total. The van der Waals surface area contributed by atoms with E-state index in [0.717, 1.165) is 5.56 Å². The summed E-state index contributed by atoms with van der Waals surface area (Å²) < 4.78 is 38.1. The van der Waals surface area contributed by atoms with E-state index in [1.807, 2.05) is 6.07 Å². The van der Waals surface area contributed by atoms with Gasteiger partial charge in [0.2, 0.25) is 10.0 Å². The van der Waals surface area contributed by atoms with E-state index in [9.17, 15) is 12.8 Å². The number of aliphatic imine (C=N–C) groups is 1. The number of halogens is 2. The van der Waals surface area contributed by atoms with E-state index in [2.05, 4.69) is 15.6 Å². The van der Waals surface area contributed by atoms with E-state index in [-0.39, 0.29) is 35.5 Å². The van der Waals surface area contributed by atoms with Crippen LogP contribution in [-0.4, -0.2) is 51.6 Å². The van der Waals surface area contributed by atoms with Gasteiger partial charge < -0.3 is 10.6 Å². The molecule has 9 heteroatoms. The van der Waals surface area contributed by atoms with Crippen LogP contribution in [-0.2, 0) is 16.6 Å². The van der Waals surface area contributed by atoms with Gasteiger partial charge in [-0.2, -0.15) is 0 Å². The monoisotopic (exact) mass is 486 g/mol. The standard InChI is InChI=1S/C16H27FN4O2S.HI/c1-5-24(22,23)21(4)10-6-9-19-16(18-3)20-12-14-8-7-13(2)15(17)11-14;/h7-8,11H,5-6,9-10,12H2,1-4H3,(H2,18,19,20);1H. The fourth-order valence-corrected chi connectivity index (χ4v) is 2.87.